The Morgan fingerprint density at radius 2 is 1.96 bits per heavy atom. The van der Waals surface area contributed by atoms with Crippen LogP contribution in [0.3, 0.4) is 0 Å². The molecule has 1 aromatic carbocycles. The molecule has 4 heteroatoms. The second-order valence-electron chi connectivity index (χ2n) is 5.88. The van der Waals surface area contributed by atoms with Crippen LogP contribution in [0.2, 0.25) is 0 Å². The molecule has 0 amide bonds. The lowest BCUT2D eigenvalue weighted by Crippen LogP contribution is -2.18. The van der Waals surface area contributed by atoms with Crippen molar-refractivity contribution in [2.45, 2.75) is 19.3 Å². The first-order chi connectivity index (χ1) is 11.1. The number of nitrogens with zero attached hydrogens (tertiary/aromatic N) is 1. The molecule has 0 unspecified atom stereocenters. The lowest BCUT2D eigenvalue weighted by molar-refractivity contribution is -0.0774. The van der Waals surface area contributed by atoms with Gasteiger partial charge in [0.15, 0.2) is 5.76 Å². The van der Waals surface area contributed by atoms with E-state index in [1.165, 1.54) is 0 Å². The Morgan fingerprint density at radius 1 is 1.22 bits per heavy atom. The lowest BCUT2D eigenvalue weighted by atomic mass is 9.90. The molecule has 1 saturated heterocycles. The number of rotatable bonds is 4. The number of allylic oxidation sites excluding steroid dienone is 4. The number of halogens is 2. The summed E-state index contributed by atoms with van der Waals surface area (Å²) in [6.45, 7) is 9.20. The SMILES string of the molecule is C=C1C=C(c2ccc(N3CCCC3)c(F)c2)CC=C1C(=C)OF. The molecule has 0 N–H and O–H groups in total. The van der Waals surface area contributed by atoms with Crippen LogP contribution in [0, 0.1) is 5.82 Å². The third-order valence-electron chi connectivity index (χ3n) is 4.38. The highest BCUT2D eigenvalue weighted by molar-refractivity contribution is 5.75. The average Bonchev–Trinajstić information content (AvgIpc) is 3.08. The van der Waals surface area contributed by atoms with Crippen LogP contribution in [-0.4, -0.2) is 13.1 Å². The van der Waals surface area contributed by atoms with Crippen LogP contribution in [0.5, 0.6) is 0 Å². The highest BCUT2D eigenvalue weighted by Crippen LogP contribution is 2.34. The minimum Gasteiger partial charge on any atom is -0.369 e. The standard InChI is InChI=1S/C19H19F2NO/c1-13-11-15(5-7-17(13)14(2)23-21)16-6-8-19(18(20)12-16)22-9-3-4-10-22/h6-8,11-12H,1-5,9-10H2. The molecule has 0 spiro atoms. The second-order valence-corrected chi connectivity index (χ2v) is 5.88. The Balaban J connectivity index is 1.82. The van der Waals surface area contributed by atoms with E-state index in [-0.39, 0.29) is 11.6 Å². The molecular formula is C19H19F2NO. The number of benzene rings is 1. The van der Waals surface area contributed by atoms with Gasteiger partial charge in [0.05, 0.1) is 5.69 Å². The van der Waals surface area contributed by atoms with Gasteiger partial charge in [-0.25, -0.2) is 4.39 Å². The Kier molecular flexibility index (Phi) is 4.33. The molecule has 0 radical (unpaired) electrons. The van der Waals surface area contributed by atoms with E-state index in [9.17, 15) is 8.92 Å². The smallest absolute Gasteiger partial charge is 0.172 e. The third-order valence-corrected chi connectivity index (χ3v) is 4.38. The van der Waals surface area contributed by atoms with Gasteiger partial charge < -0.3 is 4.90 Å². The number of hydrogen-bond donors (Lipinski definition) is 0. The molecule has 120 valence electrons. The molecular weight excluding hydrogens is 296 g/mol. The fraction of sp³-hybridized carbons (Fsp3) is 0.263. The van der Waals surface area contributed by atoms with Crippen molar-refractivity contribution in [3.05, 3.63) is 71.8 Å². The molecule has 0 aromatic heterocycles. The van der Waals surface area contributed by atoms with E-state index in [1.54, 1.807) is 12.1 Å². The van der Waals surface area contributed by atoms with Crippen LogP contribution in [0.25, 0.3) is 5.57 Å². The van der Waals surface area contributed by atoms with Crippen molar-refractivity contribution in [2.24, 2.45) is 0 Å². The van der Waals surface area contributed by atoms with Crippen LogP contribution in [0.1, 0.15) is 24.8 Å². The van der Waals surface area contributed by atoms with Gasteiger partial charge >= 0.3 is 0 Å². The molecule has 1 aliphatic heterocycles. The van der Waals surface area contributed by atoms with Crippen molar-refractivity contribution in [3.8, 4) is 0 Å². The summed E-state index contributed by atoms with van der Waals surface area (Å²) >= 11 is 0. The van der Waals surface area contributed by atoms with Crippen molar-refractivity contribution in [2.75, 3.05) is 18.0 Å². The molecule has 23 heavy (non-hydrogen) atoms. The van der Waals surface area contributed by atoms with E-state index < -0.39 is 0 Å². The lowest BCUT2D eigenvalue weighted by Gasteiger charge is -2.20. The topological polar surface area (TPSA) is 12.5 Å². The fourth-order valence-corrected chi connectivity index (χ4v) is 3.15. The summed E-state index contributed by atoms with van der Waals surface area (Å²) in [5.74, 6) is -0.261. The number of hydrogen-bond acceptors (Lipinski definition) is 2. The summed E-state index contributed by atoms with van der Waals surface area (Å²) in [5, 5.41) is 0. The van der Waals surface area contributed by atoms with E-state index in [2.05, 4.69) is 23.0 Å². The predicted molar refractivity (Wildman–Crippen MR) is 89.0 cm³/mol. The highest BCUT2D eigenvalue weighted by Gasteiger charge is 2.18. The Morgan fingerprint density at radius 3 is 2.57 bits per heavy atom. The van der Waals surface area contributed by atoms with Crippen LogP contribution in [0.4, 0.5) is 14.6 Å². The first-order valence-electron chi connectivity index (χ1n) is 7.73. The summed E-state index contributed by atoms with van der Waals surface area (Å²) in [6, 6.07) is 5.32. The Bertz CT molecular complexity index is 712. The van der Waals surface area contributed by atoms with Crippen molar-refractivity contribution >= 4 is 11.3 Å². The maximum Gasteiger partial charge on any atom is 0.172 e. The van der Waals surface area contributed by atoms with Gasteiger partial charge in [-0.3, -0.25) is 4.94 Å². The third kappa shape index (κ3) is 3.07. The van der Waals surface area contributed by atoms with Gasteiger partial charge in [-0.1, -0.05) is 31.4 Å². The summed E-state index contributed by atoms with van der Waals surface area (Å²) in [5.41, 5.74) is 3.58. The van der Waals surface area contributed by atoms with E-state index >= 15 is 0 Å². The van der Waals surface area contributed by atoms with Crippen LogP contribution < -0.4 is 4.90 Å². The van der Waals surface area contributed by atoms with Crippen LogP contribution in [0.15, 0.2) is 60.4 Å². The maximum absolute atomic E-state index is 14.4. The molecule has 1 aliphatic carbocycles. The van der Waals surface area contributed by atoms with Crippen molar-refractivity contribution in [1.82, 2.24) is 0 Å². The summed E-state index contributed by atoms with van der Waals surface area (Å²) < 4.78 is 26.7. The quantitative estimate of drug-likeness (QED) is 0.716. The normalized spacial score (nSPS) is 17.8. The maximum atomic E-state index is 14.4. The van der Waals surface area contributed by atoms with Gasteiger partial charge in [0, 0.05) is 23.2 Å². The molecule has 3 rings (SSSR count). The largest absolute Gasteiger partial charge is 0.369 e. The minimum atomic E-state index is -0.206. The van der Waals surface area contributed by atoms with E-state index in [1.807, 2.05) is 18.2 Å². The molecule has 0 saturated carbocycles. The van der Waals surface area contributed by atoms with Crippen LogP contribution in [-0.2, 0) is 4.94 Å². The Labute approximate surface area is 135 Å². The zero-order chi connectivity index (χ0) is 16.4. The summed E-state index contributed by atoms with van der Waals surface area (Å²) in [4.78, 5) is 5.75. The first kappa shape index (κ1) is 15.5. The monoisotopic (exact) mass is 315 g/mol. The second kappa shape index (κ2) is 6.41. The molecule has 2 nitrogen and oxygen atoms in total. The van der Waals surface area contributed by atoms with Gasteiger partial charge in [-0.05, 0) is 48.1 Å². The molecule has 1 heterocycles. The average molecular weight is 315 g/mol. The zero-order valence-corrected chi connectivity index (χ0v) is 12.9. The van der Waals surface area contributed by atoms with Gasteiger partial charge in [0.2, 0.25) is 0 Å². The van der Waals surface area contributed by atoms with Gasteiger partial charge in [-0.2, -0.15) is 0 Å². The van der Waals surface area contributed by atoms with Crippen LogP contribution >= 0.6 is 0 Å². The Hall–Kier alpha value is -2.36. The van der Waals surface area contributed by atoms with Crippen molar-refractivity contribution in [1.29, 1.82) is 0 Å². The van der Waals surface area contributed by atoms with Crippen molar-refractivity contribution < 1.29 is 13.9 Å². The van der Waals surface area contributed by atoms with E-state index in [0.29, 0.717) is 23.3 Å². The summed E-state index contributed by atoms with van der Waals surface area (Å²) in [7, 11) is 0. The van der Waals surface area contributed by atoms with E-state index in [0.717, 1.165) is 37.1 Å². The van der Waals surface area contributed by atoms with Gasteiger partial charge in [0.1, 0.15) is 5.82 Å². The zero-order valence-electron chi connectivity index (χ0n) is 12.9. The number of anilines is 1. The first-order valence-corrected chi connectivity index (χ1v) is 7.73. The fourth-order valence-electron chi connectivity index (χ4n) is 3.15. The molecule has 1 fully saturated rings. The molecule has 0 atom stereocenters. The van der Waals surface area contributed by atoms with Gasteiger partial charge in [-0.15, -0.1) is 0 Å². The molecule has 2 aliphatic rings. The predicted octanol–water partition coefficient (Wildman–Crippen LogP) is 5.11. The highest BCUT2D eigenvalue weighted by atomic mass is 19.3. The van der Waals surface area contributed by atoms with E-state index in [4.69, 9.17) is 0 Å². The molecule has 1 aromatic rings. The summed E-state index contributed by atoms with van der Waals surface area (Å²) in [6.07, 6.45) is 6.40. The van der Waals surface area contributed by atoms with Crippen molar-refractivity contribution in [3.63, 3.8) is 0 Å². The van der Waals surface area contributed by atoms with Gasteiger partial charge in [0.25, 0.3) is 0 Å². The molecule has 0 bridgehead atoms. The minimum absolute atomic E-state index is 0.0548.